The molecule has 4 aromatic rings. The smallest absolute Gasteiger partial charge is 0.163 e. The van der Waals surface area contributed by atoms with Crippen molar-refractivity contribution >= 4 is 22.4 Å². The van der Waals surface area contributed by atoms with Gasteiger partial charge in [-0.1, -0.05) is 24.3 Å². The molecule has 0 aliphatic rings. The molecule has 4 rings (SSSR count). The predicted molar refractivity (Wildman–Crippen MR) is 111 cm³/mol. The molecule has 0 saturated heterocycles. The van der Waals surface area contributed by atoms with E-state index in [0.29, 0.717) is 12.4 Å². The molecule has 1 N–H and O–H groups in total. The highest BCUT2D eigenvalue weighted by Gasteiger charge is 2.09. The van der Waals surface area contributed by atoms with E-state index in [1.165, 1.54) is 11.3 Å². The minimum Gasteiger partial charge on any atom is -0.378 e. The Morgan fingerprint density at radius 3 is 2.44 bits per heavy atom. The minimum atomic E-state index is 0.673. The molecule has 2 aromatic heterocycles. The van der Waals surface area contributed by atoms with Crippen LogP contribution in [0.2, 0.25) is 0 Å². The molecule has 0 spiro atoms. The number of anilines is 2. The number of aromatic nitrogens is 3. The van der Waals surface area contributed by atoms with Crippen molar-refractivity contribution in [2.24, 2.45) is 0 Å². The van der Waals surface area contributed by atoms with Gasteiger partial charge in [0.25, 0.3) is 0 Å². The predicted octanol–water partition coefficient (Wildman–Crippen LogP) is 4.37. The second kappa shape index (κ2) is 7.41. The van der Waals surface area contributed by atoms with Gasteiger partial charge >= 0.3 is 0 Å². The van der Waals surface area contributed by atoms with E-state index in [0.717, 1.165) is 22.3 Å². The third-order valence-electron chi connectivity index (χ3n) is 4.44. The topological polar surface area (TPSA) is 53.9 Å². The van der Waals surface area contributed by atoms with E-state index in [1.807, 2.05) is 50.5 Å². The third-order valence-corrected chi connectivity index (χ3v) is 4.44. The van der Waals surface area contributed by atoms with Crippen LogP contribution in [-0.2, 0) is 6.54 Å². The van der Waals surface area contributed by atoms with E-state index in [-0.39, 0.29) is 0 Å². The van der Waals surface area contributed by atoms with Crippen molar-refractivity contribution < 1.29 is 0 Å². The number of hydrogen-bond donors (Lipinski definition) is 1. The molecular formula is C22H21N5. The first-order valence-corrected chi connectivity index (χ1v) is 8.88. The lowest BCUT2D eigenvalue weighted by molar-refractivity contribution is 1.09. The maximum absolute atomic E-state index is 4.76. The molecule has 0 bridgehead atoms. The van der Waals surface area contributed by atoms with Crippen LogP contribution in [0.25, 0.3) is 22.3 Å². The van der Waals surface area contributed by atoms with Gasteiger partial charge in [0.2, 0.25) is 0 Å². The number of nitrogens with one attached hydrogen (secondary N) is 1. The zero-order chi connectivity index (χ0) is 18.6. The third kappa shape index (κ3) is 3.72. The molecule has 2 heterocycles. The molecule has 0 aliphatic carbocycles. The monoisotopic (exact) mass is 355 g/mol. The minimum absolute atomic E-state index is 0.673. The van der Waals surface area contributed by atoms with E-state index >= 15 is 0 Å². The number of rotatable bonds is 5. The largest absolute Gasteiger partial charge is 0.378 e. The fourth-order valence-corrected chi connectivity index (χ4v) is 2.93. The molecular weight excluding hydrogens is 334 g/mol. The van der Waals surface area contributed by atoms with Crippen LogP contribution in [0.3, 0.4) is 0 Å². The number of nitrogens with zero attached hydrogens (tertiary/aromatic N) is 4. The van der Waals surface area contributed by atoms with Gasteiger partial charge in [0, 0.05) is 49.7 Å². The number of fused-ring (bicyclic) bond motifs is 1. The van der Waals surface area contributed by atoms with Crippen LogP contribution in [-0.4, -0.2) is 29.0 Å². The molecule has 0 saturated carbocycles. The molecule has 0 atom stereocenters. The first-order valence-electron chi connectivity index (χ1n) is 8.88. The Kier molecular flexibility index (Phi) is 4.66. The van der Waals surface area contributed by atoms with Crippen molar-refractivity contribution in [1.82, 2.24) is 15.0 Å². The Hall–Kier alpha value is -3.47. The van der Waals surface area contributed by atoms with Crippen molar-refractivity contribution in [1.29, 1.82) is 0 Å². The van der Waals surface area contributed by atoms with Crippen LogP contribution in [0.4, 0.5) is 11.5 Å². The molecule has 0 amide bonds. The SMILES string of the molecule is CN(C)c1ccc(CNc2nc(-c3cccnc3)nc3ccccc23)cc1. The van der Waals surface area contributed by atoms with Crippen molar-refractivity contribution in [3.8, 4) is 11.4 Å². The van der Waals surface area contributed by atoms with Gasteiger partial charge < -0.3 is 10.2 Å². The summed E-state index contributed by atoms with van der Waals surface area (Å²) >= 11 is 0. The van der Waals surface area contributed by atoms with Crippen LogP contribution >= 0.6 is 0 Å². The average Bonchev–Trinajstić information content (AvgIpc) is 2.72. The number of hydrogen-bond acceptors (Lipinski definition) is 5. The standard InChI is InChI=1S/C22H21N5/c1-27(2)18-11-9-16(10-12-18)14-24-22-19-7-3-4-8-20(19)25-21(26-22)17-6-5-13-23-15-17/h3-13,15H,14H2,1-2H3,(H,24,25,26). The maximum atomic E-state index is 4.76. The lowest BCUT2D eigenvalue weighted by Crippen LogP contribution is -2.09. The van der Waals surface area contributed by atoms with Crippen molar-refractivity contribution in [2.75, 3.05) is 24.3 Å². The van der Waals surface area contributed by atoms with Crippen molar-refractivity contribution in [3.05, 3.63) is 78.6 Å². The summed E-state index contributed by atoms with van der Waals surface area (Å²) in [4.78, 5) is 15.7. The average molecular weight is 355 g/mol. The Balaban J connectivity index is 1.66. The quantitative estimate of drug-likeness (QED) is 0.576. The second-order valence-corrected chi connectivity index (χ2v) is 6.57. The van der Waals surface area contributed by atoms with Gasteiger partial charge in [0.15, 0.2) is 5.82 Å². The molecule has 134 valence electrons. The Morgan fingerprint density at radius 1 is 0.889 bits per heavy atom. The van der Waals surface area contributed by atoms with Crippen LogP contribution in [0, 0.1) is 0 Å². The van der Waals surface area contributed by atoms with Crippen LogP contribution in [0.5, 0.6) is 0 Å². The van der Waals surface area contributed by atoms with E-state index in [9.17, 15) is 0 Å². The molecule has 5 nitrogen and oxygen atoms in total. The van der Waals surface area contributed by atoms with Crippen LogP contribution < -0.4 is 10.2 Å². The first-order chi connectivity index (χ1) is 13.2. The molecule has 27 heavy (non-hydrogen) atoms. The van der Waals surface area contributed by atoms with Gasteiger partial charge in [-0.2, -0.15) is 0 Å². The summed E-state index contributed by atoms with van der Waals surface area (Å²) in [5.41, 5.74) is 4.20. The highest BCUT2D eigenvalue weighted by atomic mass is 15.1. The molecule has 2 aromatic carbocycles. The zero-order valence-corrected chi connectivity index (χ0v) is 15.4. The van der Waals surface area contributed by atoms with Crippen LogP contribution in [0.1, 0.15) is 5.56 Å². The molecule has 5 heteroatoms. The van der Waals surface area contributed by atoms with E-state index in [2.05, 4.69) is 39.5 Å². The Labute approximate surface area is 158 Å². The van der Waals surface area contributed by atoms with E-state index in [1.54, 1.807) is 12.4 Å². The number of pyridine rings is 1. The highest BCUT2D eigenvalue weighted by Crippen LogP contribution is 2.25. The Bertz CT molecular complexity index is 1040. The normalized spacial score (nSPS) is 10.7. The number of para-hydroxylation sites is 1. The lowest BCUT2D eigenvalue weighted by atomic mass is 10.2. The summed E-state index contributed by atoms with van der Waals surface area (Å²) in [6.45, 7) is 0.696. The molecule has 0 aliphatic heterocycles. The van der Waals surface area contributed by atoms with Gasteiger partial charge in [0.1, 0.15) is 5.82 Å². The van der Waals surface area contributed by atoms with E-state index in [4.69, 9.17) is 9.97 Å². The molecule has 0 radical (unpaired) electrons. The summed E-state index contributed by atoms with van der Waals surface area (Å²) in [6.07, 6.45) is 3.54. The van der Waals surface area contributed by atoms with Gasteiger partial charge in [0.05, 0.1) is 5.52 Å². The maximum Gasteiger partial charge on any atom is 0.163 e. The second-order valence-electron chi connectivity index (χ2n) is 6.57. The fourth-order valence-electron chi connectivity index (χ4n) is 2.93. The van der Waals surface area contributed by atoms with Crippen molar-refractivity contribution in [3.63, 3.8) is 0 Å². The zero-order valence-electron chi connectivity index (χ0n) is 15.4. The fraction of sp³-hybridized carbons (Fsp3) is 0.136. The number of benzene rings is 2. The van der Waals surface area contributed by atoms with Gasteiger partial charge in [-0.3, -0.25) is 4.98 Å². The molecule has 0 fully saturated rings. The summed E-state index contributed by atoms with van der Waals surface area (Å²) < 4.78 is 0. The summed E-state index contributed by atoms with van der Waals surface area (Å²) in [5.74, 6) is 1.50. The first kappa shape index (κ1) is 17.0. The van der Waals surface area contributed by atoms with E-state index < -0.39 is 0 Å². The van der Waals surface area contributed by atoms with Gasteiger partial charge in [-0.05, 0) is 42.0 Å². The molecule has 0 unspecified atom stereocenters. The van der Waals surface area contributed by atoms with Gasteiger partial charge in [-0.15, -0.1) is 0 Å². The lowest BCUT2D eigenvalue weighted by Gasteiger charge is -2.14. The summed E-state index contributed by atoms with van der Waals surface area (Å²) in [7, 11) is 4.08. The summed E-state index contributed by atoms with van der Waals surface area (Å²) in [5, 5.41) is 4.49. The van der Waals surface area contributed by atoms with Gasteiger partial charge in [-0.25, -0.2) is 9.97 Å². The highest BCUT2D eigenvalue weighted by molar-refractivity contribution is 5.90. The van der Waals surface area contributed by atoms with Crippen molar-refractivity contribution in [2.45, 2.75) is 6.54 Å². The van der Waals surface area contributed by atoms with Crippen LogP contribution in [0.15, 0.2) is 73.1 Å². The Morgan fingerprint density at radius 2 is 1.70 bits per heavy atom. The summed E-state index contributed by atoms with van der Waals surface area (Å²) in [6, 6.07) is 20.4.